The number of benzene rings is 1. The summed E-state index contributed by atoms with van der Waals surface area (Å²) >= 11 is 0. The molecule has 0 spiro atoms. The van der Waals surface area contributed by atoms with Crippen molar-refractivity contribution in [2.24, 2.45) is 0 Å². The molecule has 2 aromatic rings. The van der Waals surface area contributed by atoms with Crippen LogP contribution in [0.4, 0.5) is 0 Å². The molecule has 1 fully saturated rings. The average molecular weight is 369 g/mol. The number of hydrogen-bond donors (Lipinski definition) is 0. The highest BCUT2D eigenvalue weighted by molar-refractivity contribution is 5.94. The Hall–Kier alpha value is -2.25. The molecule has 0 aliphatic carbocycles. The zero-order valence-electron chi connectivity index (χ0n) is 16.1. The highest BCUT2D eigenvalue weighted by Crippen LogP contribution is 2.28. The highest BCUT2D eigenvalue weighted by Gasteiger charge is 2.29. The van der Waals surface area contributed by atoms with Crippen LogP contribution in [-0.4, -0.2) is 64.3 Å². The number of ether oxygens (including phenoxy) is 1. The van der Waals surface area contributed by atoms with E-state index < -0.39 is 0 Å². The summed E-state index contributed by atoms with van der Waals surface area (Å²) in [4.78, 5) is 17.1. The van der Waals surface area contributed by atoms with E-state index in [2.05, 4.69) is 26.7 Å². The van der Waals surface area contributed by atoms with Crippen molar-refractivity contribution < 1.29 is 9.53 Å². The zero-order valence-corrected chi connectivity index (χ0v) is 16.1. The fraction of sp³-hybridized carbons (Fsp3) is 0.550. The van der Waals surface area contributed by atoms with E-state index in [0.29, 0.717) is 31.2 Å². The Morgan fingerprint density at radius 1 is 1.11 bits per heavy atom. The van der Waals surface area contributed by atoms with Crippen LogP contribution in [0.1, 0.15) is 46.3 Å². The number of fused-ring (bicyclic) bond motifs is 1. The Kier molecular flexibility index (Phi) is 5.22. The van der Waals surface area contributed by atoms with Crippen LogP contribution < -0.4 is 0 Å². The van der Waals surface area contributed by atoms with Gasteiger partial charge in [-0.2, -0.15) is 0 Å². The van der Waals surface area contributed by atoms with Gasteiger partial charge in [0, 0.05) is 31.7 Å². The first-order valence-corrected chi connectivity index (χ1v) is 9.63. The van der Waals surface area contributed by atoms with E-state index in [9.17, 15) is 4.79 Å². The number of methoxy groups -OCH3 is 1. The van der Waals surface area contributed by atoms with Crippen molar-refractivity contribution in [3.63, 3.8) is 0 Å². The second-order valence-corrected chi connectivity index (χ2v) is 7.56. The van der Waals surface area contributed by atoms with E-state index >= 15 is 0 Å². The maximum absolute atomic E-state index is 12.9. The first-order valence-electron chi connectivity index (χ1n) is 9.63. The third-order valence-electron chi connectivity index (χ3n) is 5.66. The third kappa shape index (κ3) is 3.75. The Bertz CT molecular complexity index is 793. The van der Waals surface area contributed by atoms with Gasteiger partial charge in [-0.3, -0.25) is 4.79 Å². The van der Waals surface area contributed by atoms with Crippen LogP contribution in [0.5, 0.6) is 0 Å². The van der Waals surface area contributed by atoms with Crippen molar-refractivity contribution in [3.8, 4) is 0 Å². The standard InChI is InChI=1S/C20H27N5O2/c1-23-9-7-16(8-10-23)19-22-21-18-13-24(11-12-25(18)19)20(26)17-5-3-15(4-6-17)14-27-2/h3-6,16H,7-14H2,1-2H3. The van der Waals surface area contributed by atoms with Gasteiger partial charge in [-0.05, 0) is 50.7 Å². The van der Waals surface area contributed by atoms with E-state index in [0.717, 1.165) is 49.7 Å². The lowest BCUT2D eigenvalue weighted by atomic mass is 9.96. The number of hydrogen-bond acceptors (Lipinski definition) is 5. The van der Waals surface area contributed by atoms with Gasteiger partial charge in [0.2, 0.25) is 0 Å². The minimum absolute atomic E-state index is 0.0501. The molecule has 1 amide bonds. The van der Waals surface area contributed by atoms with Crippen molar-refractivity contribution >= 4 is 5.91 Å². The first kappa shape index (κ1) is 18.1. The van der Waals surface area contributed by atoms with Crippen LogP contribution >= 0.6 is 0 Å². The average Bonchev–Trinajstić information content (AvgIpc) is 3.12. The summed E-state index contributed by atoms with van der Waals surface area (Å²) in [5, 5.41) is 8.89. The third-order valence-corrected chi connectivity index (χ3v) is 5.66. The molecule has 2 aliphatic heterocycles. The SMILES string of the molecule is COCc1ccc(C(=O)N2CCn3c(nnc3C3CCN(C)CC3)C2)cc1. The number of rotatable bonds is 4. The molecule has 4 rings (SSSR count). The maximum Gasteiger partial charge on any atom is 0.254 e. The van der Waals surface area contributed by atoms with Crippen LogP contribution in [0.15, 0.2) is 24.3 Å². The number of piperidine rings is 1. The molecule has 27 heavy (non-hydrogen) atoms. The van der Waals surface area contributed by atoms with Crippen molar-refractivity contribution in [1.82, 2.24) is 24.6 Å². The Morgan fingerprint density at radius 2 is 1.85 bits per heavy atom. The minimum atomic E-state index is 0.0501. The second kappa shape index (κ2) is 7.78. The predicted octanol–water partition coefficient (Wildman–Crippen LogP) is 1.89. The predicted molar refractivity (Wildman–Crippen MR) is 101 cm³/mol. The Balaban J connectivity index is 1.45. The van der Waals surface area contributed by atoms with Crippen LogP contribution in [0.25, 0.3) is 0 Å². The molecular formula is C20H27N5O2. The van der Waals surface area contributed by atoms with Crippen molar-refractivity contribution in [2.75, 3.05) is 33.8 Å². The topological polar surface area (TPSA) is 63.5 Å². The van der Waals surface area contributed by atoms with Crippen LogP contribution in [0.3, 0.4) is 0 Å². The molecular weight excluding hydrogens is 342 g/mol. The molecule has 7 heteroatoms. The first-order chi connectivity index (χ1) is 13.2. The van der Waals surface area contributed by atoms with Gasteiger partial charge < -0.3 is 19.1 Å². The number of carbonyl (C=O) groups excluding carboxylic acids is 1. The van der Waals surface area contributed by atoms with Crippen molar-refractivity contribution in [2.45, 2.75) is 38.5 Å². The lowest BCUT2D eigenvalue weighted by Gasteiger charge is -2.31. The summed E-state index contributed by atoms with van der Waals surface area (Å²) < 4.78 is 7.36. The maximum atomic E-state index is 12.9. The molecule has 0 atom stereocenters. The van der Waals surface area contributed by atoms with Gasteiger partial charge in [0.1, 0.15) is 5.82 Å². The minimum Gasteiger partial charge on any atom is -0.380 e. The monoisotopic (exact) mass is 369 g/mol. The van der Waals surface area contributed by atoms with Crippen LogP contribution in [0, 0.1) is 0 Å². The normalized spacial score (nSPS) is 18.5. The molecule has 1 saturated heterocycles. The second-order valence-electron chi connectivity index (χ2n) is 7.56. The van der Waals surface area contributed by atoms with Gasteiger partial charge in [-0.1, -0.05) is 12.1 Å². The number of aromatic nitrogens is 3. The number of nitrogens with zero attached hydrogens (tertiary/aromatic N) is 5. The molecule has 144 valence electrons. The summed E-state index contributed by atoms with van der Waals surface area (Å²) in [6.07, 6.45) is 2.26. The number of amides is 1. The molecule has 2 aliphatic rings. The molecule has 0 N–H and O–H groups in total. The molecule has 3 heterocycles. The van der Waals surface area contributed by atoms with Crippen LogP contribution in [-0.2, 0) is 24.4 Å². The van der Waals surface area contributed by atoms with Gasteiger partial charge in [0.15, 0.2) is 5.82 Å². The largest absolute Gasteiger partial charge is 0.380 e. The summed E-state index contributed by atoms with van der Waals surface area (Å²) in [6, 6.07) is 7.64. The molecule has 1 aromatic heterocycles. The lowest BCUT2D eigenvalue weighted by Crippen LogP contribution is -2.39. The highest BCUT2D eigenvalue weighted by atomic mass is 16.5. The lowest BCUT2D eigenvalue weighted by molar-refractivity contribution is 0.0705. The van der Waals surface area contributed by atoms with E-state index in [-0.39, 0.29) is 5.91 Å². The van der Waals surface area contributed by atoms with Crippen molar-refractivity contribution in [3.05, 3.63) is 47.0 Å². The Morgan fingerprint density at radius 3 is 2.56 bits per heavy atom. The van der Waals surface area contributed by atoms with Gasteiger partial charge in [-0.15, -0.1) is 10.2 Å². The summed E-state index contributed by atoms with van der Waals surface area (Å²) in [6.45, 7) is 4.77. The van der Waals surface area contributed by atoms with E-state index in [1.165, 1.54) is 0 Å². The summed E-state index contributed by atoms with van der Waals surface area (Å²) in [7, 11) is 3.84. The molecule has 1 aromatic carbocycles. The summed E-state index contributed by atoms with van der Waals surface area (Å²) in [5.41, 5.74) is 1.77. The molecule has 0 radical (unpaired) electrons. The van der Waals surface area contributed by atoms with Crippen LogP contribution in [0.2, 0.25) is 0 Å². The molecule has 7 nitrogen and oxygen atoms in total. The van der Waals surface area contributed by atoms with E-state index in [4.69, 9.17) is 4.74 Å². The van der Waals surface area contributed by atoms with Gasteiger partial charge in [-0.25, -0.2) is 0 Å². The van der Waals surface area contributed by atoms with Gasteiger partial charge in [0.05, 0.1) is 13.2 Å². The fourth-order valence-electron chi connectivity index (χ4n) is 4.02. The van der Waals surface area contributed by atoms with Gasteiger partial charge >= 0.3 is 0 Å². The van der Waals surface area contributed by atoms with E-state index in [1.54, 1.807) is 7.11 Å². The fourth-order valence-corrected chi connectivity index (χ4v) is 4.02. The smallest absolute Gasteiger partial charge is 0.254 e. The van der Waals surface area contributed by atoms with Crippen molar-refractivity contribution in [1.29, 1.82) is 0 Å². The Labute approximate surface area is 159 Å². The van der Waals surface area contributed by atoms with E-state index in [1.807, 2.05) is 29.2 Å². The number of likely N-dealkylation sites (tertiary alicyclic amines) is 1. The zero-order chi connectivity index (χ0) is 18.8. The summed E-state index contributed by atoms with van der Waals surface area (Å²) in [5.74, 6) is 2.54. The quantitative estimate of drug-likeness (QED) is 0.824. The molecule has 0 unspecified atom stereocenters. The molecule has 0 bridgehead atoms. The molecule has 0 saturated carbocycles. The number of carbonyl (C=O) groups is 1. The van der Waals surface area contributed by atoms with Gasteiger partial charge in [0.25, 0.3) is 5.91 Å².